The predicted molar refractivity (Wildman–Crippen MR) is 95.1 cm³/mol. The number of aromatic nitrogens is 3. The van der Waals surface area contributed by atoms with Crippen LogP contribution in [0.25, 0.3) is 0 Å². The first-order valence-corrected chi connectivity index (χ1v) is 9.67. The molecule has 7 nitrogen and oxygen atoms in total. The minimum Gasteiger partial charge on any atom is -0.366 e. The molecular formula is C18H31N5O2. The van der Waals surface area contributed by atoms with Crippen LogP contribution in [0.2, 0.25) is 0 Å². The topological polar surface area (TPSA) is 74.3 Å². The monoisotopic (exact) mass is 349 g/mol. The Hall–Kier alpha value is -1.47. The number of H-pyrrole nitrogens is 1. The zero-order chi connectivity index (χ0) is 17.8. The highest BCUT2D eigenvalue weighted by Gasteiger charge is 2.36. The Bertz CT molecular complexity index is 574. The number of nitrogens with one attached hydrogen (secondary N) is 1. The maximum absolute atomic E-state index is 13.1. The largest absolute Gasteiger partial charge is 0.366 e. The number of ether oxygens (including phenoxy) is 1. The van der Waals surface area contributed by atoms with Crippen LogP contribution in [0.5, 0.6) is 0 Å². The molecule has 3 heterocycles. The van der Waals surface area contributed by atoms with Crippen molar-refractivity contribution in [3.05, 3.63) is 11.6 Å². The second kappa shape index (κ2) is 8.27. The number of likely N-dealkylation sites (tertiary alicyclic amines) is 1. The number of amides is 1. The lowest BCUT2D eigenvalue weighted by Gasteiger charge is -2.41. The van der Waals surface area contributed by atoms with E-state index < -0.39 is 0 Å². The third kappa shape index (κ3) is 4.20. The summed E-state index contributed by atoms with van der Waals surface area (Å²) in [5.41, 5.74) is 0. The Morgan fingerprint density at radius 3 is 2.96 bits per heavy atom. The van der Waals surface area contributed by atoms with E-state index in [9.17, 15) is 4.79 Å². The molecule has 140 valence electrons. The molecule has 0 aliphatic carbocycles. The van der Waals surface area contributed by atoms with Crippen LogP contribution >= 0.6 is 0 Å². The summed E-state index contributed by atoms with van der Waals surface area (Å²) in [5, 5.41) is 7.28. The van der Waals surface area contributed by atoms with Crippen LogP contribution < -0.4 is 0 Å². The van der Waals surface area contributed by atoms with E-state index in [1.165, 1.54) is 6.42 Å². The number of aromatic amines is 1. The number of morpholine rings is 1. The van der Waals surface area contributed by atoms with E-state index in [-0.39, 0.29) is 18.1 Å². The summed E-state index contributed by atoms with van der Waals surface area (Å²) < 4.78 is 5.85. The molecule has 2 atom stereocenters. The van der Waals surface area contributed by atoms with Crippen molar-refractivity contribution in [2.75, 3.05) is 26.2 Å². The lowest BCUT2D eigenvalue weighted by atomic mass is 9.98. The normalized spacial score (nSPS) is 25.5. The third-order valence-corrected chi connectivity index (χ3v) is 5.19. The highest BCUT2D eigenvalue weighted by atomic mass is 16.5. The maximum Gasteiger partial charge on any atom is 0.240 e. The van der Waals surface area contributed by atoms with Gasteiger partial charge in [-0.15, -0.1) is 0 Å². The highest BCUT2D eigenvalue weighted by molar-refractivity contribution is 5.82. The zero-order valence-corrected chi connectivity index (χ0v) is 15.7. The molecule has 0 radical (unpaired) electrons. The van der Waals surface area contributed by atoms with Crippen LogP contribution in [-0.2, 0) is 16.0 Å². The molecular weight excluding hydrogens is 318 g/mol. The molecule has 0 aromatic carbocycles. The Morgan fingerprint density at radius 2 is 2.20 bits per heavy atom. The first kappa shape index (κ1) is 18.3. The summed E-state index contributed by atoms with van der Waals surface area (Å²) in [6.45, 7) is 9.23. The molecule has 0 spiro atoms. The molecule has 25 heavy (non-hydrogen) atoms. The minimum absolute atomic E-state index is 0.00953. The van der Waals surface area contributed by atoms with Gasteiger partial charge in [-0.1, -0.05) is 13.3 Å². The van der Waals surface area contributed by atoms with E-state index in [1.807, 2.05) is 4.90 Å². The van der Waals surface area contributed by atoms with Crippen molar-refractivity contribution in [3.63, 3.8) is 0 Å². The molecule has 2 aliphatic heterocycles. The van der Waals surface area contributed by atoms with Crippen molar-refractivity contribution in [1.82, 2.24) is 25.0 Å². The van der Waals surface area contributed by atoms with Crippen LogP contribution in [0.1, 0.15) is 64.2 Å². The molecule has 0 bridgehead atoms. The van der Waals surface area contributed by atoms with Crippen LogP contribution in [0.15, 0.2) is 0 Å². The van der Waals surface area contributed by atoms with Gasteiger partial charge in [0.25, 0.3) is 0 Å². The Labute approximate surface area is 150 Å². The van der Waals surface area contributed by atoms with Crippen molar-refractivity contribution >= 4 is 5.91 Å². The number of hydrogen-bond acceptors (Lipinski definition) is 5. The van der Waals surface area contributed by atoms with Gasteiger partial charge in [-0.25, -0.2) is 4.98 Å². The van der Waals surface area contributed by atoms with E-state index in [0.29, 0.717) is 31.6 Å². The summed E-state index contributed by atoms with van der Waals surface area (Å²) in [5.74, 6) is 1.80. The molecule has 2 fully saturated rings. The summed E-state index contributed by atoms with van der Waals surface area (Å²) >= 11 is 0. The number of nitrogens with zero attached hydrogens (tertiary/aromatic N) is 4. The van der Waals surface area contributed by atoms with E-state index in [2.05, 4.69) is 40.9 Å². The van der Waals surface area contributed by atoms with Gasteiger partial charge in [0, 0.05) is 19.0 Å². The fraction of sp³-hybridized carbons (Fsp3) is 0.833. The number of carbonyl (C=O) groups is 1. The summed E-state index contributed by atoms with van der Waals surface area (Å²) in [7, 11) is 0. The Morgan fingerprint density at radius 1 is 1.36 bits per heavy atom. The van der Waals surface area contributed by atoms with Crippen LogP contribution in [0.3, 0.4) is 0 Å². The molecule has 7 heteroatoms. The second-order valence-electron chi connectivity index (χ2n) is 7.38. The third-order valence-electron chi connectivity index (χ3n) is 5.19. The molecule has 3 rings (SSSR count). The van der Waals surface area contributed by atoms with Crippen LogP contribution in [-0.4, -0.2) is 69.2 Å². The molecule has 1 amide bonds. The SMILES string of the molecule is CCCc1nc(C2CN(C(=O)C3CCCCN3C(C)C)CCO2)n[nH]1. The van der Waals surface area contributed by atoms with Gasteiger partial charge in [-0.2, -0.15) is 5.10 Å². The van der Waals surface area contributed by atoms with E-state index in [1.54, 1.807) is 0 Å². The van der Waals surface area contributed by atoms with Crippen molar-refractivity contribution in [1.29, 1.82) is 0 Å². The maximum atomic E-state index is 13.1. The van der Waals surface area contributed by atoms with Gasteiger partial charge in [0.15, 0.2) is 5.82 Å². The van der Waals surface area contributed by atoms with Gasteiger partial charge < -0.3 is 9.64 Å². The first-order valence-electron chi connectivity index (χ1n) is 9.67. The Kier molecular flexibility index (Phi) is 6.06. The van der Waals surface area contributed by atoms with E-state index in [4.69, 9.17) is 4.74 Å². The van der Waals surface area contributed by atoms with Gasteiger partial charge in [-0.05, 0) is 39.7 Å². The Balaban J connectivity index is 1.66. The standard InChI is InChI=1S/C18H31N5O2/c1-4-7-16-19-17(21-20-16)15-12-22(10-11-25-15)18(24)14-8-5-6-9-23(14)13(2)3/h13-15H,4-12H2,1-3H3,(H,19,20,21). The smallest absolute Gasteiger partial charge is 0.240 e. The molecule has 2 aliphatic rings. The van der Waals surface area contributed by atoms with Gasteiger partial charge in [-0.3, -0.25) is 14.8 Å². The van der Waals surface area contributed by atoms with E-state index >= 15 is 0 Å². The second-order valence-corrected chi connectivity index (χ2v) is 7.38. The van der Waals surface area contributed by atoms with E-state index in [0.717, 1.165) is 38.1 Å². The first-order chi connectivity index (χ1) is 12.1. The zero-order valence-electron chi connectivity index (χ0n) is 15.7. The number of hydrogen-bond donors (Lipinski definition) is 1. The molecule has 1 aromatic heterocycles. The average Bonchev–Trinajstić information content (AvgIpc) is 3.10. The lowest BCUT2D eigenvalue weighted by molar-refractivity contribution is -0.147. The van der Waals surface area contributed by atoms with Gasteiger partial charge in [0.2, 0.25) is 5.91 Å². The fourth-order valence-electron chi connectivity index (χ4n) is 3.86. The van der Waals surface area contributed by atoms with Gasteiger partial charge >= 0.3 is 0 Å². The number of carbonyl (C=O) groups excluding carboxylic acids is 1. The van der Waals surface area contributed by atoms with Crippen LogP contribution in [0, 0.1) is 0 Å². The summed E-state index contributed by atoms with van der Waals surface area (Å²) in [4.78, 5) is 22.0. The van der Waals surface area contributed by atoms with Crippen LogP contribution in [0.4, 0.5) is 0 Å². The minimum atomic E-state index is -0.226. The van der Waals surface area contributed by atoms with Crippen molar-refractivity contribution in [2.45, 2.75) is 71.1 Å². The predicted octanol–water partition coefficient (Wildman–Crippen LogP) is 1.92. The molecule has 0 saturated carbocycles. The van der Waals surface area contributed by atoms with Crippen molar-refractivity contribution in [2.24, 2.45) is 0 Å². The summed E-state index contributed by atoms with van der Waals surface area (Å²) in [6, 6.07) is 0.408. The molecule has 2 unspecified atom stereocenters. The average molecular weight is 349 g/mol. The van der Waals surface area contributed by atoms with Crippen molar-refractivity contribution < 1.29 is 9.53 Å². The molecule has 2 saturated heterocycles. The molecule has 1 aromatic rings. The number of aryl methyl sites for hydroxylation is 1. The summed E-state index contributed by atoms with van der Waals surface area (Å²) in [6.07, 6.45) is 4.96. The number of piperidine rings is 1. The van der Waals surface area contributed by atoms with Gasteiger partial charge in [0.1, 0.15) is 11.9 Å². The molecule has 1 N–H and O–H groups in total. The van der Waals surface area contributed by atoms with Gasteiger partial charge in [0.05, 0.1) is 19.2 Å². The highest BCUT2D eigenvalue weighted by Crippen LogP contribution is 2.25. The number of rotatable bonds is 5. The quantitative estimate of drug-likeness (QED) is 0.879. The van der Waals surface area contributed by atoms with Crippen molar-refractivity contribution in [3.8, 4) is 0 Å². The fourth-order valence-corrected chi connectivity index (χ4v) is 3.86. The lowest BCUT2D eigenvalue weighted by Crippen LogP contribution is -2.55.